The van der Waals surface area contributed by atoms with Crippen LogP contribution in [0.1, 0.15) is 26.7 Å². The fourth-order valence-corrected chi connectivity index (χ4v) is 2.35. The smallest absolute Gasteiger partial charge is 0.00144 e. The standard InChI is InChI=1S/C10H14/c1-7(2)10-8-3-4-9(10)6-5-8/h3-4,8-9H,5-6H2,1-2H3/t8-,9+. The molecule has 10 heavy (non-hydrogen) atoms. The van der Waals surface area contributed by atoms with Gasteiger partial charge in [-0.1, -0.05) is 23.3 Å². The Hall–Kier alpha value is -0.520. The molecule has 0 aromatic heterocycles. The minimum atomic E-state index is 0.829. The maximum atomic E-state index is 2.39. The number of rotatable bonds is 0. The van der Waals surface area contributed by atoms with Gasteiger partial charge in [0.15, 0.2) is 0 Å². The Morgan fingerprint density at radius 3 is 1.90 bits per heavy atom. The van der Waals surface area contributed by atoms with Crippen molar-refractivity contribution in [2.24, 2.45) is 11.8 Å². The summed E-state index contributed by atoms with van der Waals surface area (Å²) in [7, 11) is 0. The van der Waals surface area contributed by atoms with E-state index in [-0.39, 0.29) is 0 Å². The molecule has 0 aromatic rings. The second kappa shape index (κ2) is 1.98. The monoisotopic (exact) mass is 134 g/mol. The van der Waals surface area contributed by atoms with Crippen LogP contribution in [0.5, 0.6) is 0 Å². The van der Waals surface area contributed by atoms with Gasteiger partial charge in [-0.05, 0) is 38.5 Å². The Balaban J connectivity index is 2.39. The van der Waals surface area contributed by atoms with Gasteiger partial charge in [-0.2, -0.15) is 0 Å². The van der Waals surface area contributed by atoms with E-state index in [9.17, 15) is 0 Å². The van der Waals surface area contributed by atoms with Gasteiger partial charge < -0.3 is 0 Å². The summed E-state index contributed by atoms with van der Waals surface area (Å²) in [4.78, 5) is 0. The summed E-state index contributed by atoms with van der Waals surface area (Å²) in [5, 5.41) is 0. The molecular formula is C10H14. The maximum Gasteiger partial charge on any atom is -0.00144 e. The lowest BCUT2D eigenvalue weighted by Crippen LogP contribution is -1.92. The van der Waals surface area contributed by atoms with Crippen LogP contribution in [-0.2, 0) is 0 Å². The van der Waals surface area contributed by atoms with E-state index in [0.29, 0.717) is 0 Å². The lowest BCUT2D eigenvalue weighted by atomic mass is 10.00. The zero-order valence-corrected chi connectivity index (χ0v) is 6.72. The number of fused-ring (bicyclic) bond motifs is 2. The summed E-state index contributed by atoms with van der Waals surface area (Å²) in [6.07, 6.45) is 7.58. The number of hydrogen-bond donors (Lipinski definition) is 0. The van der Waals surface area contributed by atoms with Gasteiger partial charge in [-0.15, -0.1) is 0 Å². The van der Waals surface area contributed by atoms with Gasteiger partial charge in [-0.25, -0.2) is 0 Å². The van der Waals surface area contributed by atoms with Crippen molar-refractivity contribution in [2.45, 2.75) is 26.7 Å². The molecule has 0 aliphatic heterocycles. The molecule has 0 saturated heterocycles. The van der Waals surface area contributed by atoms with Crippen LogP contribution < -0.4 is 0 Å². The third-order valence-electron chi connectivity index (χ3n) is 2.74. The summed E-state index contributed by atoms with van der Waals surface area (Å²) < 4.78 is 0. The van der Waals surface area contributed by atoms with Crippen LogP contribution >= 0.6 is 0 Å². The quantitative estimate of drug-likeness (QED) is 0.447. The van der Waals surface area contributed by atoms with Crippen LogP contribution in [0.15, 0.2) is 23.3 Å². The van der Waals surface area contributed by atoms with E-state index in [1.807, 2.05) is 0 Å². The summed E-state index contributed by atoms with van der Waals surface area (Å²) in [5.41, 5.74) is 3.28. The molecule has 2 aliphatic carbocycles. The molecule has 0 aromatic carbocycles. The molecule has 0 heteroatoms. The van der Waals surface area contributed by atoms with Gasteiger partial charge in [0, 0.05) is 0 Å². The van der Waals surface area contributed by atoms with Crippen LogP contribution in [0.2, 0.25) is 0 Å². The van der Waals surface area contributed by atoms with Gasteiger partial charge in [0.05, 0.1) is 0 Å². The third-order valence-corrected chi connectivity index (χ3v) is 2.74. The molecule has 1 fully saturated rings. The Kier molecular flexibility index (Phi) is 1.23. The average Bonchev–Trinajstić information content (AvgIpc) is 2.43. The van der Waals surface area contributed by atoms with Gasteiger partial charge in [0.2, 0.25) is 0 Å². The minimum Gasteiger partial charge on any atom is -0.0807 e. The van der Waals surface area contributed by atoms with Crippen molar-refractivity contribution in [3.63, 3.8) is 0 Å². The predicted octanol–water partition coefficient (Wildman–Crippen LogP) is 2.92. The van der Waals surface area contributed by atoms with E-state index in [2.05, 4.69) is 26.0 Å². The van der Waals surface area contributed by atoms with Crippen LogP contribution in [0.4, 0.5) is 0 Å². The molecule has 0 nitrogen and oxygen atoms in total. The zero-order chi connectivity index (χ0) is 7.14. The highest BCUT2D eigenvalue weighted by molar-refractivity contribution is 5.34. The van der Waals surface area contributed by atoms with Crippen molar-refractivity contribution in [3.8, 4) is 0 Å². The second-order valence-electron chi connectivity index (χ2n) is 3.63. The highest BCUT2D eigenvalue weighted by Gasteiger charge is 2.32. The van der Waals surface area contributed by atoms with E-state index in [4.69, 9.17) is 0 Å². The van der Waals surface area contributed by atoms with E-state index in [1.165, 1.54) is 12.8 Å². The van der Waals surface area contributed by atoms with E-state index in [1.54, 1.807) is 11.1 Å². The molecule has 1 saturated carbocycles. The molecular weight excluding hydrogens is 120 g/mol. The lowest BCUT2D eigenvalue weighted by molar-refractivity contribution is 0.705. The van der Waals surface area contributed by atoms with Crippen LogP contribution in [0.25, 0.3) is 0 Å². The van der Waals surface area contributed by atoms with Crippen molar-refractivity contribution in [3.05, 3.63) is 23.3 Å². The van der Waals surface area contributed by atoms with Crippen molar-refractivity contribution in [1.82, 2.24) is 0 Å². The summed E-state index contributed by atoms with van der Waals surface area (Å²) >= 11 is 0. The summed E-state index contributed by atoms with van der Waals surface area (Å²) in [5.74, 6) is 1.66. The van der Waals surface area contributed by atoms with Crippen molar-refractivity contribution in [2.75, 3.05) is 0 Å². The van der Waals surface area contributed by atoms with Crippen LogP contribution in [-0.4, -0.2) is 0 Å². The molecule has 2 aliphatic rings. The average molecular weight is 134 g/mol. The molecule has 0 heterocycles. The number of hydrogen-bond acceptors (Lipinski definition) is 0. The third kappa shape index (κ3) is 0.681. The molecule has 0 radical (unpaired) electrons. The largest absolute Gasteiger partial charge is 0.0807 e. The van der Waals surface area contributed by atoms with Crippen molar-refractivity contribution >= 4 is 0 Å². The first-order chi connectivity index (χ1) is 4.79. The van der Waals surface area contributed by atoms with E-state index in [0.717, 1.165) is 11.8 Å². The van der Waals surface area contributed by atoms with E-state index >= 15 is 0 Å². The molecule has 2 bridgehead atoms. The maximum absolute atomic E-state index is 2.39. The minimum absolute atomic E-state index is 0.829. The van der Waals surface area contributed by atoms with Gasteiger partial charge in [0.1, 0.15) is 0 Å². The normalized spacial score (nSPS) is 35.6. The van der Waals surface area contributed by atoms with E-state index < -0.39 is 0 Å². The highest BCUT2D eigenvalue weighted by Crippen LogP contribution is 2.45. The summed E-state index contributed by atoms with van der Waals surface area (Å²) in [6, 6.07) is 0. The molecule has 0 amide bonds. The fraction of sp³-hybridized carbons (Fsp3) is 0.600. The topological polar surface area (TPSA) is 0 Å². The summed E-state index contributed by atoms with van der Waals surface area (Å²) in [6.45, 7) is 4.49. The molecule has 2 atom stereocenters. The van der Waals surface area contributed by atoms with Gasteiger partial charge in [0.25, 0.3) is 0 Å². The van der Waals surface area contributed by atoms with Crippen LogP contribution in [0.3, 0.4) is 0 Å². The molecule has 0 spiro atoms. The van der Waals surface area contributed by atoms with Gasteiger partial charge >= 0.3 is 0 Å². The highest BCUT2D eigenvalue weighted by atomic mass is 14.4. The molecule has 0 N–H and O–H groups in total. The lowest BCUT2D eigenvalue weighted by Gasteiger charge is -2.05. The second-order valence-corrected chi connectivity index (χ2v) is 3.63. The Labute approximate surface area is 62.6 Å². The molecule has 54 valence electrons. The molecule has 0 unspecified atom stereocenters. The van der Waals surface area contributed by atoms with Crippen LogP contribution in [0, 0.1) is 11.8 Å². The SMILES string of the molecule is CC(C)=C1[C@@H]2C=C[C@H]1CC2. The Bertz CT molecular complexity index is 188. The van der Waals surface area contributed by atoms with Crippen molar-refractivity contribution < 1.29 is 0 Å². The first kappa shape index (κ1) is 6.21. The van der Waals surface area contributed by atoms with Gasteiger partial charge in [-0.3, -0.25) is 0 Å². The zero-order valence-electron chi connectivity index (χ0n) is 6.72. The Morgan fingerprint density at radius 2 is 1.70 bits per heavy atom. The predicted molar refractivity (Wildman–Crippen MR) is 43.7 cm³/mol. The molecule has 2 rings (SSSR count). The first-order valence-electron chi connectivity index (χ1n) is 4.14. The fourth-order valence-electron chi connectivity index (χ4n) is 2.35. The van der Waals surface area contributed by atoms with Crippen molar-refractivity contribution in [1.29, 1.82) is 0 Å². The first-order valence-corrected chi connectivity index (χ1v) is 4.14. The number of allylic oxidation sites excluding steroid dienone is 4. The Morgan fingerprint density at radius 1 is 1.20 bits per heavy atom.